The smallest absolute Gasteiger partial charge is 0.266 e. The molecule has 0 saturated carbocycles. The Hall–Kier alpha value is -3.46. The molecule has 0 bridgehead atoms. The molecule has 3 amide bonds. The molecule has 146 valence electrons. The fraction of sp³-hybridized carbons (Fsp3) is 0.150. The molecule has 4 rings (SSSR count). The Morgan fingerprint density at radius 1 is 1.10 bits per heavy atom. The first-order chi connectivity index (χ1) is 14.0. The zero-order valence-corrected chi connectivity index (χ0v) is 16.2. The number of hydrogen-bond donors (Lipinski definition) is 1. The molecule has 0 fully saturated rings. The van der Waals surface area contributed by atoms with E-state index in [1.165, 1.54) is 11.8 Å². The molecule has 0 spiro atoms. The van der Waals surface area contributed by atoms with Crippen LogP contribution in [0.3, 0.4) is 0 Å². The van der Waals surface area contributed by atoms with Crippen LogP contribution < -0.4 is 10.2 Å². The molecule has 1 aliphatic heterocycles. The molecule has 1 N–H and O–H groups in total. The monoisotopic (exact) mass is 408 g/mol. The number of hydrogen-bond acceptors (Lipinski definition) is 7. The van der Waals surface area contributed by atoms with Gasteiger partial charge >= 0.3 is 0 Å². The average molecular weight is 408 g/mol. The van der Waals surface area contributed by atoms with Crippen molar-refractivity contribution >= 4 is 40.9 Å². The van der Waals surface area contributed by atoms with E-state index >= 15 is 0 Å². The van der Waals surface area contributed by atoms with Crippen LogP contribution >= 0.6 is 11.8 Å². The molecule has 8 nitrogen and oxygen atoms in total. The van der Waals surface area contributed by atoms with Crippen LogP contribution in [-0.2, 0) is 10.5 Å². The predicted octanol–water partition coefficient (Wildman–Crippen LogP) is 3.05. The van der Waals surface area contributed by atoms with E-state index in [0.717, 1.165) is 4.90 Å². The number of aromatic nitrogens is 2. The minimum atomic E-state index is -0.375. The Bertz CT molecular complexity index is 1080. The van der Waals surface area contributed by atoms with Crippen molar-refractivity contribution in [2.24, 2.45) is 0 Å². The van der Waals surface area contributed by atoms with Gasteiger partial charge in [0.05, 0.1) is 28.3 Å². The number of anilines is 2. The Morgan fingerprint density at radius 3 is 2.48 bits per heavy atom. The van der Waals surface area contributed by atoms with Gasteiger partial charge in [0.1, 0.15) is 0 Å². The van der Waals surface area contributed by atoms with Crippen molar-refractivity contribution in [1.29, 1.82) is 0 Å². The van der Waals surface area contributed by atoms with Crippen LogP contribution in [0, 0.1) is 6.92 Å². The van der Waals surface area contributed by atoms with E-state index < -0.39 is 0 Å². The summed E-state index contributed by atoms with van der Waals surface area (Å²) in [5, 5.41) is 6.55. The number of nitrogens with zero attached hydrogens (tertiary/aromatic N) is 3. The Morgan fingerprint density at radius 2 is 1.83 bits per heavy atom. The summed E-state index contributed by atoms with van der Waals surface area (Å²) in [5.74, 6) is 0.711. The van der Waals surface area contributed by atoms with Crippen LogP contribution in [0.5, 0.6) is 0 Å². The molecule has 0 radical (unpaired) electrons. The minimum Gasteiger partial charge on any atom is -0.340 e. The third-order valence-electron chi connectivity index (χ3n) is 4.22. The van der Waals surface area contributed by atoms with E-state index in [4.69, 9.17) is 4.52 Å². The van der Waals surface area contributed by atoms with Crippen LogP contribution in [0.15, 0.2) is 53.1 Å². The van der Waals surface area contributed by atoms with Gasteiger partial charge in [0.25, 0.3) is 11.8 Å². The maximum atomic E-state index is 12.6. The molecule has 29 heavy (non-hydrogen) atoms. The molecule has 3 aromatic rings. The first-order valence-corrected chi connectivity index (χ1v) is 9.93. The van der Waals surface area contributed by atoms with Gasteiger partial charge in [-0.25, -0.2) is 4.90 Å². The Balaban J connectivity index is 1.41. The summed E-state index contributed by atoms with van der Waals surface area (Å²) in [6.07, 6.45) is 0. The van der Waals surface area contributed by atoms with Gasteiger partial charge in [-0.05, 0) is 30.3 Å². The SMILES string of the molecule is Cc1nc(CSCC(=O)Nc2cccc(N3C(=O)c4ccccc4C3=O)c2)no1. The Labute approximate surface area is 170 Å². The van der Waals surface area contributed by atoms with E-state index in [1.807, 2.05) is 0 Å². The number of rotatable bonds is 6. The molecular weight excluding hydrogens is 392 g/mol. The van der Waals surface area contributed by atoms with Crippen molar-refractivity contribution in [3.63, 3.8) is 0 Å². The molecular formula is C20H16N4O4S. The van der Waals surface area contributed by atoms with E-state index in [2.05, 4.69) is 15.5 Å². The molecule has 1 aliphatic rings. The fourth-order valence-corrected chi connectivity index (χ4v) is 3.64. The maximum absolute atomic E-state index is 12.6. The fourth-order valence-electron chi connectivity index (χ4n) is 2.98. The number of nitrogens with one attached hydrogen (secondary N) is 1. The number of benzene rings is 2. The number of thioether (sulfide) groups is 1. The second-order valence-corrected chi connectivity index (χ2v) is 7.30. The van der Waals surface area contributed by atoms with E-state index in [9.17, 15) is 14.4 Å². The predicted molar refractivity (Wildman–Crippen MR) is 108 cm³/mol. The molecule has 1 aromatic heterocycles. The van der Waals surface area contributed by atoms with Gasteiger partial charge in [-0.3, -0.25) is 14.4 Å². The van der Waals surface area contributed by atoms with Crippen LogP contribution in [0.2, 0.25) is 0 Å². The highest BCUT2D eigenvalue weighted by molar-refractivity contribution is 7.99. The number of amides is 3. The zero-order chi connectivity index (χ0) is 20.4. The number of carbonyl (C=O) groups is 3. The summed E-state index contributed by atoms with van der Waals surface area (Å²) in [7, 11) is 0. The lowest BCUT2D eigenvalue weighted by Crippen LogP contribution is -2.29. The topological polar surface area (TPSA) is 105 Å². The largest absolute Gasteiger partial charge is 0.340 e. The first-order valence-electron chi connectivity index (χ1n) is 8.77. The third kappa shape index (κ3) is 3.90. The first kappa shape index (κ1) is 18.9. The lowest BCUT2D eigenvalue weighted by atomic mass is 10.1. The van der Waals surface area contributed by atoms with Crippen molar-refractivity contribution < 1.29 is 18.9 Å². The van der Waals surface area contributed by atoms with Crippen molar-refractivity contribution in [1.82, 2.24) is 10.1 Å². The number of imide groups is 1. The average Bonchev–Trinajstić information content (AvgIpc) is 3.23. The van der Waals surface area contributed by atoms with Gasteiger partial charge in [-0.2, -0.15) is 4.98 Å². The maximum Gasteiger partial charge on any atom is 0.266 e. The van der Waals surface area contributed by atoms with Crippen molar-refractivity contribution in [2.45, 2.75) is 12.7 Å². The van der Waals surface area contributed by atoms with Gasteiger partial charge in [0.2, 0.25) is 11.8 Å². The summed E-state index contributed by atoms with van der Waals surface area (Å²) in [6.45, 7) is 1.70. The van der Waals surface area contributed by atoms with Crippen molar-refractivity contribution in [2.75, 3.05) is 16.0 Å². The summed E-state index contributed by atoms with van der Waals surface area (Å²) in [6, 6.07) is 13.3. The summed E-state index contributed by atoms with van der Waals surface area (Å²) in [5.41, 5.74) is 1.66. The normalized spacial score (nSPS) is 12.9. The lowest BCUT2D eigenvalue weighted by molar-refractivity contribution is -0.113. The molecule has 0 atom stereocenters. The Kier molecular flexibility index (Phi) is 5.13. The number of carbonyl (C=O) groups excluding carboxylic acids is 3. The van der Waals surface area contributed by atoms with Gasteiger partial charge in [0.15, 0.2) is 5.82 Å². The van der Waals surface area contributed by atoms with E-state index in [0.29, 0.717) is 40.0 Å². The van der Waals surface area contributed by atoms with Crippen LogP contribution in [0.25, 0.3) is 0 Å². The standard InChI is InChI=1S/C20H16N4O4S/c1-12-21-17(23-28-12)10-29-11-18(25)22-13-5-4-6-14(9-13)24-19(26)15-7-2-3-8-16(15)20(24)27/h2-9H,10-11H2,1H3,(H,22,25). The quantitative estimate of drug-likeness (QED) is 0.625. The third-order valence-corrected chi connectivity index (χ3v) is 5.14. The molecule has 0 aliphatic carbocycles. The molecule has 0 unspecified atom stereocenters. The number of fused-ring (bicyclic) bond motifs is 1. The highest BCUT2D eigenvalue weighted by Crippen LogP contribution is 2.29. The number of aryl methyl sites for hydroxylation is 1. The van der Waals surface area contributed by atoms with Gasteiger partial charge < -0.3 is 9.84 Å². The molecule has 2 aromatic carbocycles. The van der Waals surface area contributed by atoms with Gasteiger partial charge in [-0.1, -0.05) is 23.4 Å². The minimum absolute atomic E-state index is 0.199. The summed E-state index contributed by atoms with van der Waals surface area (Å²) >= 11 is 1.35. The second-order valence-electron chi connectivity index (χ2n) is 6.31. The van der Waals surface area contributed by atoms with Crippen LogP contribution in [0.4, 0.5) is 11.4 Å². The zero-order valence-electron chi connectivity index (χ0n) is 15.4. The van der Waals surface area contributed by atoms with Gasteiger partial charge in [0, 0.05) is 12.6 Å². The van der Waals surface area contributed by atoms with Crippen molar-refractivity contribution in [3.8, 4) is 0 Å². The van der Waals surface area contributed by atoms with Crippen LogP contribution in [0.1, 0.15) is 32.4 Å². The molecule has 2 heterocycles. The molecule has 0 saturated heterocycles. The highest BCUT2D eigenvalue weighted by Gasteiger charge is 2.36. The van der Waals surface area contributed by atoms with Gasteiger partial charge in [-0.15, -0.1) is 11.8 Å². The summed E-state index contributed by atoms with van der Waals surface area (Å²) < 4.78 is 4.89. The second kappa shape index (κ2) is 7.88. The highest BCUT2D eigenvalue weighted by atomic mass is 32.2. The summed E-state index contributed by atoms with van der Waals surface area (Å²) in [4.78, 5) is 42.6. The van der Waals surface area contributed by atoms with E-state index in [1.54, 1.807) is 55.5 Å². The van der Waals surface area contributed by atoms with E-state index in [-0.39, 0.29) is 23.5 Å². The molecule has 9 heteroatoms. The lowest BCUT2D eigenvalue weighted by Gasteiger charge is -2.15. The van der Waals surface area contributed by atoms with Crippen molar-refractivity contribution in [3.05, 3.63) is 71.4 Å². The van der Waals surface area contributed by atoms with Crippen LogP contribution in [-0.4, -0.2) is 33.6 Å².